The van der Waals surface area contributed by atoms with Crippen molar-refractivity contribution in [1.82, 2.24) is 0 Å². The number of hydrogen-bond acceptors (Lipinski definition) is 3. The first kappa shape index (κ1) is 15.8. The van der Waals surface area contributed by atoms with Gasteiger partial charge in [-0.2, -0.15) is 0 Å². The molecule has 0 radical (unpaired) electrons. The predicted octanol–water partition coefficient (Wildman–Crippen LogP) is 5.34. The number of rotatable bonds is 5. The van der Waals surface area contributed by atoms with Crippen molar-refractivity contribution < 1.29 is 9.84 Å². The highest BCUT2D eigenvalue weighted by Crippen LogP contribution is 2.37. The molecule has 20 heavy (non-hydrogen) atoms. The summed E-state index contributed by atoms with van der Waals surface area (Å²) < 4.78 is 6.44. The van der Waals surface area contributed by atoms with E-state index in [1.165, 1.54) is 11.3 Å². The molecule has 2 rings (SSSR count). The van der Waals surface area contributed by atoms with E-state index in [0.717, 1.165) is 32.6 Å². The number of hydrogen-bond donors (Lipinski definition) is 1. The molecule has 0 saturated heterocycles. The summed E-state index contributed by atoms with van der Waals surface area (Å²) in [6.07, 6.45) is 0.249. The Morgan fingerprint density at radius 2 is 2.20 bits per heavy atom. The average Bonchev–Trinajstić information content (AvgIpc) is 2.77. The molecule has 0 aliphatic carbocycles. The third-order valence-electron chi connectivity index (χ3n) is 2.91. The van der Waals surface area contributed by atoms with Crippen molar-refractivity contribution in [2.75, 3.05) is 6.61 Å². The van der Waals surface area contributed by atoms with Crippen molar-refractivity contribution >= 4 is 38.9 Å². The smallest absolute Gasteiger partial charge is 0.133 e. The van der Waals surface area contributed by atoms with E-state index in [1.807, 2.05) is 30.5 Å². The fourth-order valence-electron chi connectivity index (χ4n) is 1.80. The zero-order valence-corrected chi connectivity index (χ0v) is 14.5. The zero-order valence-electron chi connectivity index (χ0n) is 11.3. The van der Waals surface area contributed by atoms with Crippen LogP contribution in [-0.4, -0.2) is 11.7 Å². The second kappa shape index (κ2) is 6.94. The molecule has 0 saturated carbocycles. The lowest BCUT2D eigenvalue weighted by molar-refractivity contribution is 0.224. The van der Waals surface area contributed by atoms with Gasteiger partial charge in [-0.25, -0.2) is 0 Å². The Hall–Kier alpha value is -0.550. The van der Waals surface area contributed by atoms with Crippen LogP contribution in [0.5, 0.6) is 5.75 Å². The quantitative estimate of drug-likeness (QED) is 0.764. The average molecular weight is 376 g/mol. The van der Waals surface area contributed by atoms with Crippen molar-refractivity contribution in [2.24, 2.45) is 0 Å². The van der Waals surface area contributed by atoms with E-state index in [1.54, 1.807) is 0 Å². The molecular weight excluding hydrogens is 360 g/mol. The number of thiophene rings is 1. The second-order valence-corrected chi connectivity index (χ2v) is 6.68. The largest absolute Gasteiger partial charge is 0.492 e. The van der Waals surface area contributed by atoms with Crippen LogP contribution in [0.15, 0.2) is 28.1 Å². The molecule has 0 spiro atoms. The molecule has 1 N–H and O–H groups in total. The fourth-order valence-corrected chi connectivity index (χ4v) is 3.62. The van der Waals surface area contributed by atoms with Gasteiger partial charge < -0.3 is 9.84 Å². The summed E-state index contributed by atoms with van der Waals surface area (Å²) in [4.78, 5) is 0.776. The number of aryl methyl sites for hydroxylation is 1. The maximum absolute atomic E-state index is 10.4. The summed E-state index contributed by atoms with van der Waals surface area (Å²) in [6.45, 7) is 4.68. The maximum atomic E-state index is 10.4. The zero-order chi connectivity index (χ0) is 14.7. The van der Waals surface area contributed by atoms with Crippen LogP contribution >= 0.6 is 38.9 Å². The molecule has 1 aromatic carbocycles. The van der Waals surface area contributed by atoms with E-state index in [-0.39, 0.29) is 0 Å². The molecule has 2 nitrogen and oxygen atoms in total. The van der Waals surface area contributed by atoms with E-state index in [0.29, 0.717) is 11.6 Å². The minimum Gasteiger partial charge on any atom is -0.492 e. The van der Waals surface area contributed by atoms with Crippen molar-refractivity contribution in [2.45, 2.75) is 26.4 Å². The number of aliphatic hydroxyl groups is 1. The summed E-state index contributed by atoms with van der Waals surface area (Å²) in [5, 5.41) is 13.0. The van der Waals surface area contributed by atoms with Gasteiger partial charge in [0.05, 0.1) is 21.0 Å². The van der Waals surface area contributed by atoms with Gasteiger partial charge in [0, 0.05) is 0 Å². The van der Waals surface area contributed by atoms with Crippen LogP contribution in [-0.2, 0) is 0 Å². The summed E-state index contributed by atoms with van der Waals surface area (Å²) in [5.74, 6) is 0.788. The van der Waals surface area contributed by atoms with Crippen LogP contribution in [0.25, 0.3) is 0 Å². The second-order valence-electron chi connectivity index (χ2n) is 4.54. The molecule has 1 atom stereocenters. The van der Waals surface area contributed by atoms with Crippen molar-refractivity contribution in [3.8, 4) is 5.75 Å². The summed E-state index contributed by atoms with van der Waals surface area (Å²) in [5.41, 5.74) is 1.79. The Labute approximate surface area is 136 Å². The number of ether oxygens (including phenoxy) is 1. The molecule has 0 aliphatic heterocycles. The van der Waals surface area contributed by atoms with Gasteiger partial charge >= 0.3 is 0 Å². The lowest BCUT2D eigenvalue weighted by Crippen LogP contribution is -2.00. The van der Waals surface area contributed by atoms with E-state index >= 15 is 0 Å². The van der Waals surface area contributed by atoms with E-state index < -0.39 is 6.10 Å². The van der Waals surface area contributed by atoms with Crippen molar-refractivity contribution in [3.63, 3.8) is 0 Å². The Bertz CT molecular complexity index is 598. The van der Waals surface area contributed by atoms with Crippen LogP contribution in [0, 0.1) is 6.92 Å². The van der Waals surface area contributed by atoms with Gasteiger partial charge in [0.1, 0.15) is 11.9 Å². The first-order valence-corrected chi connectivity index (χ1v) is 8.43. The Balaban J connectivity index is 2.25. The van der Waals surface area contributed by atoms with E-state index in [2.05, 4.69) is 22.9 Å². The summed E-state index contributed by atoms with van der Waals surface area (Å²) >= 11 is 11.2. The number of aliphatic hydroxyl groups excluding tert-OH is 1. The summed E-state index contributed by atoms with van der Waals surface area (Å²) in [6, 6.07) is 5.61. The molecule has 0 fully saturated rings. The highest BCUT2D eigenvalue weighted by atomic mass is 79.9. The molecule has 2 aromatic rings. The normalized spacial score (nSPS) is 12.4. The van der Waals surface area contributed by atoms with Crippen molar-refractivity contribution in [1.29, 1.82) is 0 Å². The Morgan fingerprint density at radius 3 is 2.75 bits per heavy atom. The topological polar surface area (TPSA) is 29.5 Å². The number of benzene rings is 1. The molecule has 108 valence electrons. The van der Waals surface area contributed by atoms with Crippen LogP contribution < -0.4 is 4.74 Å². The highest BCUT2D eigenvalue weighted by Gasteiger charge is 2.18. The lowest BCUT2D eigenvalue weighted by atomic mass is 10.1. The standard InChI is InChI=1S/C15H16BrClO2S/c1-3-6-19-12-5-4-10(7-11(12)16)14(18)15-13(17)9(2)8-20-15/h4-5,7-8,14,18H,3,6H2,1-2H3. The lowest BCUT2D eigenvalue weighted by Gasteiger charge is -2.13. The van der Waals surface area contributed by atoms with Gasteiger partial charge in [-0.3, -0.25) is 0 Å². The summed E-state index contributed by atoms with van der Waals surface area (Å²) in [7, 11) is 0. The van der Waals surface area contributed by atoms with Crippen LogP contribution in [0.2, 0.25) is 5.02 Å². The van der Waals surface area contributed by atoms with Gasteiger partial charge in [-0.05, 0) is 57.9 Å². The van der Waals surface area contributed by atoms with Gasteiger partial charge in [0.25, 0.3) is 0 Å². The predicted molar refractivity (Wildman–Crippen MR) is 88.1 cm³/mol. The third kappa shape index (κ3) is 3.37. The minimum atomic E-state index is -0.710. The molecular formula is C15H16BrClO2S. The van der Waals surface area contributed by atoms with Crippen LogP contribution in [0.1, 0.15) is 35.5 Å². The van der Waals surface area contributed by atoms with E-state index in [4.69, 9.17) is 16.3 Å². The fraction of sp³-hybridized carbons (Fsp3) is 0.333. The van der Waals surface area contributed by atoms with Gasteiger partial charge in [-0.1, -0.05) is 24.6 Å². The third-order valence-corrected chi connectivity index (χ3v) is 5.29. The van der Waals surface area contributed by atoms with Gasteiger partial charge in [0.15, 0.2) is 0 Å². The Morgan fingerprint density at radius 1 is 1.45 bits per heavy atom. The SMILES string of the molecule is CCCOc1ccc(C(O)c2scc(C)c2Cl)cc1Br. The molecule has 0 amide bonds. The monoisotopic (exact) mass is 374 g/mol. The van der Waals surface area contributed by atoms with Gasteiger partial charge in [-0.15, -0.1) is 11.3 Å². The number of halogens is 2. The van der Waals surface area contributed by atoms with Gasteiger partial charge in [0.2, 0.25) is 0 Å². The molecule has 1 aromatic heterocycles. The molecule has 1 unspecified atom stereocenters. The highest BCUT2D eigenvalue weighted by molar-refractivity contribution is 9.10. The molecule has 0 bridgehead atoms. The Kier molecular flexibility index (Phi) is 5.49. The maximum Gasteiger partial charge on any atom is 0.133 e. The molecule has 0 aliphatic rings. The first-order chi connectivity index (χ1) is 9.54. The minimum absolute atomic E-state index is 0.643. The van der Waals surface area contributed by atoms with Crippen molar-refractivity contribution in [3.05, 3.63) is 49.1 Å². The van der Waals surface area contributed by atoms with Crippen LogP contribution in [0.3, 0.4) is 0 Å². The van der Waals surface area contributed by atoms with E-state index in [9.17, 15) is 5.11 Å². The first-order valence-electron chi connectivity index (χ1n) is 6.38. The van der Waals surface area contributed by atoms with Crippen LogP contribution in [0.4, 0.5) is 0 Å². The molecule has 1 heterocycles. The molecule has 5 heteroatoms.